The molecule has 4 aliphatic heterocycles. The first-order chi connectivity index (χ1) is 23.4. The molecule has 3 saturated heterocycles. The number of carbonyl (C=O) groups is 1. The smallest absolute Gasteiger partial charge is 0.318 e. The maximum Gasteiger partial charge on any atom is 0.318 e. The number of carbonyl (C=O) groups excluding carboxylic acids is 1. The quantitative estimate of drug-likeness (QED) is 0.253. The summed E-state index contributed by atoms with van der Waals surface area (Å²) >= 11 is 0. The lowest BCUT2D eigenvalue weighted by molar-refractivity contribution is -0.128. The second-order valence-corrected chi connectivity index (χ2v) is 13.7. The van der Waals surface area contributed by atoms with E-state index in [9.17, 15) is 9.18 Å². The summed E-state index contributed by atoms with van der Waals surface area (Å²) in [4.78, 5) is 37.8. The monoisotopic (exact) mass is 652 g/mol. The van der Waals surface area contributed by atoms with Gasteiger partial charge in [0, 0.05) is 74.6 Å². The Morgan fingerprint density at radius 1 is 1.06 bits per heavy atom. The van der Waals surface area contributed by atoms with Crippen molar-refractivity contribution >= 4 is 28.2 Å². The zero-order valence-electron chi connectivity index (χ0n) is 28.0. The van der Waals surface area contributed by atoms with E-state index in [1.807, 2.05) is 15.9 Å². The zero-order chi connectivity index (χ0) is 33.2. The standard InChI is InChI=1S/C37H45FN8O2/c1-26-8-4-9-27-10-5-12-33(35(26)27)44-17-14-31-32(24-44)40-37(48-25-29-11-6-15-42(29)3)41-36(31)45-18-19-46(30(23-45)20-39-2)34(47)13-7-16-43-21-28(38)22-43/h4-5,7-10,12-13,28-30H,6,11,14-25H2,1,3H3/b13-7+/t29-,30-/m0/s1. The van der Waals surface area contributed by atoms with E-state index in [0.717, 1.165) is 49.4 Å². The van der Waals surface area contributed by atoms with Gasteiger partial charge in [0.25, 0.3) is 0 Å². The number of piperazine rings is 1. The third kappa shape index (κ3) is 6.69. The van der Waals surface area contributed by atoms with E-state index in [0.29, 0.717) is 64.5 Å². The van der Waals surface area contributed by atoms with Gasteiger partial charge in [0.2, 0.25) is 12.5 Å². The minimum absolute atomic E-state index is 0.101. The lowest BCUT2D eigenvalue weighted by Crippen LogP contribution is -2.56. The van der Waals surface area contributed by atoms with Crippen LogP contribution < -0.4 is 14.5 Å². The van der Waals surface area contributed by atoms with Crippen molar-refractivity contribution in [3.63, 3.8) is 0 Å². The topological polar surface area (TPSA) is 72.6 Å². The van der Waals surface area contributed by atoms with Gasteiger partial charge in [-0.3, -0.25) is 9.69 Å². The van der Waals surface area contributed by atoms with E-state index in [-0.39, 0.29) is 18.5 Å². The highest BCUT2D eigenvalue weighted by Gasteiger charge is 2.35. The highest BCUT2D eigenvalue weighted by Crippen LogP contribution is 2.36. The van der Waals surface area contributed by atoms with Crippen LogP contribution in [-0.2, 0) is 17.8 Å². The van der Waals surface area contributed by atoms with Gasteiger partial charge in [-0.05, 0) is 56.8 Å². The van der Waals surface area contributed by atoms with Gasteiger partial charge in [0.15, 0.2) is 0 Å². The van der Waals surface area contributed by atoms with Crippen LogP contribution in [0.4, 0.5) is 15.9 Å². The molecule has 48 heavy (non-hydrogen) atoms. The summed E-state index contributed by atoms with van der Waals surface area (Å²) in [5.41, 5.74) is 4.55. The summed E-state index contributed by atoms with van der Waals surface area (Å²) in [6, 6.07) is 13.4. The Hall–Kier alpha value is -4.27. The summed E-state index contributed by atoms with van der Waals surface area (Å²) in [7, 11) is 2.14. The molecular weight excluding hydrogens is 607 g/mol. The normalized spacial score (nSPS) is 22.2. The number of alkyl halides is 1. The van der Waals surface area contributed by atoms with Crippen LogP contribution in [0.5, 0.6) is 6.01 Å². The summed E-state index contributed by atoms with van der Waals surface area (Å²) in [5, 5.41) is 2.50. The number of anilines is 2. The van der Waals surface area contributed by atoms with Gasteiger partial charge in [-0.1, -0.05) is 36.4 Å². The number of likely N-dealkylation sites (tertiary alicyclic amines) is 2. The summed E-state index contributed by atoms with van der Waals surface area (Å²) in [6.07, 6.45) is 5.67. The van der Waals surface area contributed by atoms with Crippen molar-refractivity contribution in [2.24, 2.45) is 0 Å². The maximum atomic E-state index is 13.3. The lowest BCUT2D eigenvalue weighted by Gasteiger charge is -2.41. The first-order valence-corrected chi connectivity index (χ1v) is 17.3. The zero-order valence-corrected chi connectivity index (χ0v) is 28.0. The van der Waals surface area contributed by atoms with Crippen molar-refractivity contribution in [2.75, 3.05) is 82.4 Å². The van der Waals surface area contributed by atoms with Crippen molar-refractivity contribution in [1.29, 1.82) is 0 Å². The predicted octanol–water partition coefficient (Wildman–Crippen LogP) is 4.12. The van der Waals surface area contributed by atoms with Gasteiger partial charge in [-0.2, -0.15) is 9.97 Å². The third-order valence-corrected chi connectivity index (χ3v) is 10.4. The second-order valence-electron chi connectivity index (χ2n) is 13.7. The molecule has 2 aromatic carbocycles. The predicted molar refractivity (Wildman–Crippen MR) is 186 cm³/mol. The van der Waals surface area contributed by atoms with Gasteiger partial charge >= 0.3 is 6.01 Å². The molecule has 1 aromatic heterocycles. The van der Waals surface area contributed by atoms with Crippen LogP contribution in [0.25, 0.3) is 15.6 Å². The van der Waals surface area contributed by atoms with Gasteiger partial charge in [0.05, 0.1) is 12.2 Å². The van der Waals surface area contributed by atoms with Crippen molar-refractivity contribution in [3.05, 3.63) is 76.8 Å². The number of amides is 1. The van der Waals surface area contributed by atoms with Crippen molar-refractivity contribution in [1.82, 2.24) is 24.7 Å². The molecule has 0 aliphatic carbocycles. The SMILES string of the molecule is [C-]#[N+]C[C@H]1CN(c2nc(OC[C@@H]3CCCN3C)nc3c2CCN(c2cccc4cccc(C)c24)C3)CCN1C(=O)/C=C/CN1CC(F)C1. The van der Waals surface area contributed by atoms with Gasteiger partial charge < -0.3 is 29.2 Å². The molecule has 3 fully saturated rings. The Morgan fingerprint density at radius 3 is 2.67 bits per heavy atom. The van der Waals surface area contributed by atoms with Crippen LogP contribution >= 0.6 is 0 Å². The van der Waals surface area contributed by atoms with Gasteiger partial charge in [-0.25, -0.2) is 11.0 Å². The van der Waals surface area contributed by atoms with Crippen LogP contribution in [-0.4, -0.2) is 121 Å². The fourth-order valence-corrected chi connectivity index (χ4v) is 7.70. The Bertz CT molecular complexity index is 1710. The van der Waals surface area contributed by atoms with E-state index >= 15 is 0 Å². The number of benzene rings is 2. The molecule has 3 aromatic rings. The number of nitrogens with zero attached hydrogens (tertiary/aromatic N) is 8. The van der Waals surface area contributed by atoms with E-state index in [4.69, 9.17) is 21.3 Å². The summed E-state index contributed by atoms with van der Waals surface area (Å²) < 4.78 is 19.5. The Morgan fingerprint density at radius 2 is 1.90 bits per heavy atom. The van der Waals surface area contributed by atoms with E-state index < -0.39 is 6.17 Å². The molecule has 1 amide bonds. The molecule has 5 heterocycles. The molecule has 10 nitrogen and oxygen atoms in total. The molecule has 0 unspecified atom stereocenters. The summed E-state index contributed by atoms with van der Waals surface area (Å²) in [5.74, 6) is 0.760. The molecule has 0 N–H and O–H groups in total. The third-order valence-electron chi connectivity index (χ3n) is 10.4. The first-order valence-electron chi connectivity index (χ1n) is 17.3. The number of rotatable bonds is 9. The Labute approximate surface area is 282 Å². The number of halogens is 1. The molecule has 0 spiro atoms. The minimum atomic E-state index is -0.766. The largest absolute Gasteiger partial charge is 0.462 e. The van der Waals surface area contributed by atoms with Crippen molar-refractivity contribution in [2.45, 2.75) is 51.0 Å². The maximum absolute atomic E-state index is 13.3. The number of aryl methyl sites for hydroxylation is 1. The molecular formula is C37H45FN8O2. The van der Waals surface area contributed by atoms with Crippen LogP contribution in [0, 0.1) is 13.5 Å². The van der Waals surface area contributed by atoms with E-state index in [2.05, 4.69) is 69.9 Å². The molecule has 0 saturated carbocycles. The van der Waals surface area contributed by atoms with Crippen LogP contribution in [0.3, 0.4) is 0 Å². The number of fused-ring (bicyclic) bond motifs is 2. The number of hydrogen-bond acceptors (Lipinski definition) is 8. The van der Waals surface area contributed by atoms with Gasteiger partial charge in [0.1, 0.15) is 24.6 Å². The molecule has 252 valence electrons. The average molecular weight is 653 g/mol. The van der Waals surface area contributed by atoms with Crippen LogP contribution in [0.2, 0.25) is 0 Å². The van der Waals surface area contributed by atoms with E-state index in [1.54, 1.807) is 6.08 Å². The number of ether oxygens (including phenoxy) is 1. The molecule has 7 rings (SSSR count). The number of hydrogen-bond donors (Lipinski definition) is 0. The highest BCUT2D eigenvalue weighted by molar-refractivity contribution is 5.97. The van der Waals surface area contributed by atoms with Gasteiger partial charge in [-0.15, -0.1) is 0 Å². The summed E-state index contributed by atoms with van der Waals surface area (Å²) in [6.45, 7) is 16.1. The van der Waals surface area contributed by atoms with Crippen molar-refractivity contribution in [3.8, 4) is 6.01 Å². The highest BCUT2D eigenvalue weighted by atomic mass is 19.1. The Balaban J connectivity index is 1.14. The fourth-order valence-electron chi connectivity index (χ4n) is 7.70. The molecule has 11 heteroatoms. The van der Waals surface area contributed by atoms with Crippen molar-refractivity contribution < 1.29 is 13.9 Å². The molecule has 0 radical (unpaired) electrons. The fraction of sp³-hybridized carbons (Fsp3) is 0.514. The van der Waals surface area contributed by atoms with E-state index in [1.165, 1.54) is 22.0 Å². The molecule has 4 aliphatic rings. The lowest BCUT2D eigenvalue weighted by atomic mass is 9.99. The second kappa shape index (κ2) is 14.1. The molecule has 2 atom stereocenters. The number of aromatic nitrogens is 2. The first kappa shape index (κ1) is 32.3. The Kier molecular flexibility index (Phi) is 9.46. The van der Waals surface area contributed by atoms with Crippen LogP contribution in [0.1, 0.15) is 29.7 Å². The average Bonchev–Trinajstić information content (AvgIpc) is 3.50. The number of likely N-dealkylation sites (N-methyl/N-ethyl adjacent to an activating group) is 1. The van der Waals surface area contributed by atoms with Crippen LogP contribution in [0.15, 0.2) is 48.6 Å². The minimum Gasteiger partial charge on any atom is -0.462 e. The molecule has 0 bridgehead atoms.